The third kappa shape index (κ3) is 3.85. The highest BCUT2D eigenvalue weighted by Gasteiger charge is 2.18. The molecule has 1 amide bonds. The van der Waals surface area contributed by atoms with E-state index in [1.54, 1.807) is 13.0 Å². The van der Waals surface area contributed by atoms with Crippen LogP contribution in [-0.4, -0.2) is 15.7 Å². The van der Waals surface area contributed by atoms with E-state index in [-0.39, 0.29) is 11.5 Å². The van der Waals surface area contributed by atoms with Crippen molar-refractivity contribution in [3.05, 3.63) is 69.8 Å². The summed E-state index contributed by atoms with van der Waals surface area (Å²) in [6.45, 7) is 3.75. The van der Waals surface area contributed by atoms with Crippen LogP contribution in [0.3, 0.4) is 0 Å². The maximum Gasteiger partial charge on any atom is 0.267 e. The molecule has 0 fully saturated rings. The second kappa shape index (κ2) is 7.44. The van der Waals surface area contributed by atoms with E-state index in [1.165, 1.54) is 27.6 Å². The van der Waals surface area contributed by atoms with Gasteiger partial charge in [-0.1, -0.05) is 25.1 Å². The van der Waals surface area contributed by atoms with Crippen LogP contribution < -0.4 is 10.9 Å². The van der Waals surface area contributed by atoms with Gasteiger partial charge in [-0.05, 0) is 48.6 Å². The predicted octanol–water partition coefficient (Wildman–Crippen LogP) is 3.73. The van der Waals surface area contributed by atoms with E-state index in [0.29, 0.717) is 11.4 Å². The number of hydrogen-bond acceptors (Lipinski definition) is 4. The zero-order valence-corrected chi connectivity index (χ0v) is 14.9. The van der Waals surface area contributed by atoms with Crippen molar-refractivity contribution in [1.29, 1.82) is 0 Å². The highest BCUT2D eigenvalue weighted by Crippen LogP contribution is 2.22. The van der Waals surface area contributed by atoms with Crippen LogP contribution in [0.2, 0.25) is 0 Å². The SMILES string of the molecule is CCc1ccc(NC(=O)C(C)n2nc(-c3cccs3)ccc2=O)cc1. The van der Waals surface area contributed by atoms with Gasteiger partial charge in [-0.2, -0.15) is 5.10 Å². The number of aromatic nitrogens is 2. The topological polar surface area (TPSA) is 64.0 Å². The molecule has 128 valence electrons. The Kier molecular flexibility index (Phi) is 5.09. The van der Waals surface area contributed by atoms with E-state index in [4.69, 9.17) is 0 Å². The van der Waals surface area contributed by atoms with Gasteiger partial charge in [-0.25, -0.2) is 4.68 Å². The van der Waals surface area contributed by atoms with Gasteiger partial charge in [0, 0.05) is 11.8 Å². The standard InChI is InChI=1S/C19H19N3O2S/c1-3-14-6-8-15(9-7-14)20-19(24)13(2)22-18(23)11-10-16(21-22)17-5-4-12-25-17/h4-13H,3H2,1-2H3,(H,20,24). The van der Waals surface area contributed by atoms with Gasteiger partial charge in [0.25, 0.3) is 5.56 Å². The van der Waals surface area contributed by atoms with E-state index >= 15 is 0 Å². The van der Waals surface area contributed by atoms with E-state index in [1.807, 2.05) is 41.8 Å². The first-order chi connectivity index (χ1) is 12.1. The maximum atomic E-state index is 12.5. The van der Waals surface area contributed by atoms with E-state index in [2.05, 4.69) is 17.3 Å². The molecule has 0 saturated carbocycles. The summed E-state index contributed by atoms with van der Waals surface area (Å²) in [6.07, 6.45) is 0.944. The number of hydrogen-bond donors (Lipinski definition) is 1. The Balaban J connectivity index is 1.81. The van der Waals surface area contributed by atoms with Crippen molar-refractivity contribution in [2.45, 2.75) is 26.3 Å². The van der Waals surface area contributed by atoms with Crippen molar-refractivity contribution < 1.29 is 4.79 Å². The second-order valence-corrected chi connectivity index (χ2v) is 6.64. The molecule has 1 atom stereocenters. The summed E-state index contributed by atoms with van der Waals surface area (Å²) in [7, 11) is 0. The zero-order chi connectivity index (χ0) is 17.8. The third-order valence-corrected chi connectivity index (χ3v) is 4.87. The minimum Gasteiger partial charge on any atom is -0.324 e. The Morgan fingerprint density at radius 1 is 1.20 bits per heavy atom. The van der Waals surface area contributed by atoms with Crippen molar-refractivity contribution in [3.8, 4) is 10.6 Å². The summed E-state index contributed by atoms with van der Waals surface area (Å²) in [5.74, 6) is -0.276. The molecule has 2 aromatic heterocycles. The van der Waals surface area contributed by atoms with Crippen LogP contribution in [0.5, 0.6) is 0 Å². The molecule has 0 aliphatic carbocycles. The molecule has 0 spiro atoms. The smallest absolute Gasteiger partial charge is 0.267 e. The van der Waals surface area contributed by atoms with Crippen LogP contribution in [-0.2, 0) is 11.2 Å². The fourth-order valence-electron chi connectivity index (χ4n) is 2.44. The number of aryl methyl sites for hydroxylation is 1. The molecule has 0 bridgehead atoms. The molecular formula is C19H19N3O2S. The molecule has 5 nitrogen and oxygen atoms in total. The van der Waals surface area contributed by atoms with Crippen LogP contribution >= 0.6 is 11.3 Å². The van der Waals surface area contributed by atoms with E-state index in [0.717, 1.165) is 11.3 Å². The summed E-state index contributed by atoms with van der Waals surface area (Å²) in [5.41, 5.74) is 2.29. The number of carbonyl (C=O) groups excluding carboxylic acids is 1. The fraction of sp³-hybridized carbons (Fsp3) is 0.211. The van der Waals surface area contributed by atoms with Crippen molar-refractivity contribution in [2.75, 3.05) is 5.32 Å². The van der Waals surface area contributed by atoms with Crippen molar-refractivity contribution >= 4 is 22.9 Å². The summed E-state index contributed by atoms with van der Waals surface area (Å²) < 4.78 is 1.23. The maximum absolute atomic E-state index is 12.5. The molecule has 1 unspecified atom stereocenters. The van der Waals surface area contributed by atoms with Gasteiger partial charge in [0.15, 0.2) is 0 Å². The lowest BCUT2D eigenvalue weighted by atomic mass is 10.1. The number of nitrogens with one attached hydrogen (secondary N) is 1. The average molecular weight is 353 g/mol. The lowest BCUT2D eigenvalue weighted by molar-refractivity contribution is -0.119. The Morgan fingerprint density at radius 2 is 1.96 bits per heavy atom. The van der Waals surface area contributed by atoms with Gasteiger partial charge in [0.2, 0.25) is 5.91 Å². The molecule has 0 aliphatic heterocycles. The molecular weight excluding hydrogens is 334 g/mol. The number of benzene rings is 1. The molecule has 2 heterocycles. The van der Waals surface area contributed by atoms with Crippen molar-refractivity contribution in [2.24, 2.45) is 0 Å². The second-order valence-electron chi connectivity index (χ2n) is 5.69. The monoisotopic (exact) mass is 353 g/mol. The van der Waals surface area contributed by atoms with Gasteiger partial charge in [-0.3, -0.25) is 9.59 Å². The fourth-order valence-corrected chi connectivity index (χ4v) is 3.13. The summed E-state index contributed by atoms with van der Waals surface area (Å²) >= 11 is 1.54. The largest absolute Gasteiger partial charge is 0.324 e. The highest BCUT2D eigenvalue weighted by atomic mass is 32.1. The summed E-state index contributed by atoms with van der Waals surface area (Å²) in [6, 6.07) is 13.9. The van der Waals surface area contributed by atoms with Gasteiger partial charge in [0.05, 0.1) is 4.88 Å². The number of amides is 1. The summed E-state index contributed by atoms with van der Waals surface area (Å²) in [5, 5.41) is 9.14. The molecule has 3 rings (SSSR count). The third-order valence-electron chi connectivity index (χ3n) is 3.97. The Bertz CT molecular complexity index is 915. The van der Waals surface area contributed by atoms with Crippen LogP contribution in [0.4, 0.5) is 5.69 Å². The van der Waals surface area contributed by atoms with Gasteiger partial charge in [0.1, 0.15) is 11.7 Å². The number of thiophene rings is 1. The molecule has 0 radical (unpaired) electrons. The Labute approximate surface area is 150 Å². The molecule has 25 heavy (non-hydrogen) atoms. The first-order valence-electron chi connectivity index (χ1n) is 8.12. The van der Waals surface area contributed by atoms with Crippen LogP contribution in [0.15, 0.2) is 58.7 Å². The zero-order valence-electron chi connectivity index (χ0n) is 14.1. The molecule has 6 heteroatoms. The number of anilines is 1. The van der Waals surface area contributed by atoms with Crippen molar-refractivity contribution in [1.82, 2.24) is 9.78 Å². The van der Waals surface area contributed by atoms with Crippen LogP contribution in [0.25, 0.3) is 10.6 Å². The van der Waals surface area contributed by atoms with Gasteiger partial charge < -0.3 is 5.32 Å². The average Bonchev–Trinajstić information content (AvgIpc) is 3.17. The minimum atomic E-state index is -0.710. The minimum absolute atomic E-state index is 0.276. The first kappa shape index (κ1) is 17.1. The highest BCUT2D eigenvalue weighted by molar-refractivity contribution is 7.13. The number of carbonyl (C=O) groups is 1. The normalized spacial score (nSPS) is 11.9. The molecule has 1 N–H and O–H groups in total. The number of nitrogens with zero attached hydrogens (tertiary/aromatic N) is 2. The Hall–Kier alpha value is -2.73. The van der Waals surface area contributed by atoms with Gasteiger partial charge >= 0.3 is 0 Å². The lowest BCUT2D eigenvalue weighted by Gasteiger charge is -2.15. The quantitative estimate of drug-likeness (QED) is 0.760. The molecule has 1 aromatic carbocycles. The first-order valence-corrected chi connectivity index (χ1v) is 9.00. The van der Waals surface area contributed by atoms with Crippen LogP contribution in [0, 0.1) is 0 Å². The molecule has 0 aliphatic rings. The van der Waals surface area contributed by atoms with Crippen molar-refractivity contribution in [3.63, 3.8) is 0 Å². The van der Waals surface area contributed by atoms with E-state index in [9.17, 15) is 9.59 Å². The Morgan fingerprint density at radius 3 is 2.60 bits per heavy atom. The molecule has 3 aromatic rings. The lowest BCUT2D eigenvalue weighted by Crippen LogP contribution is -2.33. The predicted molar refractivity (Wildman–Crippen MR) is 101 cm³/mol. The number of rotatable bonds is 5. The summed E-state index contributed by atoms with van der Waals surface area (Å²) in [4.78, 5) is 25.6. The molecule has 0 saturated heterocycles. The van der Waals surface area contributed by atoms with E-state index < -0.39 is 6.04 Å². The van der Waals surface area contributed by atoms with Gasteiger partial charge in [-0.15, -0.1) is 11.3 Å². The van der Waals surface area contributed by atoms with Crippen LogP contribution in [0.1, 0.15) is 25.5 Å².